The number of hydrogen-bond donors (Lipinski definition) is 0. The summed E-state index contributed by atoms with van der Waals surface area (Å²) in [5.74, 6) is -1.10. The Morgan fingerprint density at radius 3 is 2.55 bits per heavy atom. The van der Waals surface area contributed by atoms with E-state index in [2.05, 4.69) is 4.57 Å². The van der Waals surface area contributed by atoms with Crippen molar-refractivity contribution in [1.82, 2.24) is 9.47 Å². The number of carbonyl (C=O) groups is 3. The first-order valence-corrected chi connectivity index (χ1v) is 11.7. The molecule has 0 radical (unpaired) electrons. The van der Waals surface area contributed by atoms with Gasteiger partial charge in [0.15, 0.2) is 0 Å². The van der Waals surface area contributed by atoms with Crippen molar-refractivity contribution in [2.24, 2.45) is 0 Å². The number of hydrogen-bond acceptors (Lipinski definition) is 5. The number of para-hydroxylation sites is 1. The summed E-state index contributed by atoms with van der Waals surface area (Å²) in [7, 11) is 0. The maximum atomic E-state index is 12.9. The molecule has 8 heteroatoms. The molecule has 2 heterocycles. The minimum Gasteiger partial charge on any atom is -0.462 e. The fraction of sp³-hybridized carbons (Fsp3) is 0.240. The number of benzene rings is 2. The maximum Gasteiger partial charge on any atom is 0.326 e. The number of rotatable bonds is 6. The molecule has 4 rings (SSSR count). The number of ether oxygens (including phenoxy) is 1. The molecule has 0 bridgehead atoms. The van der Waals surface area contributed by atoms with Crippen LogP contribution in [-0.2, 0) is 20.9 Å². The lowest BCUT2D eigenvalue weighted by atomic mass is 10.1. The fourth-order valence-electron chi connectivity index (χ4n) is 3.84. The van der Waals surface area contributed by atoms with Gasteiger partial charge in [-0.05, 0) is 56.3 Å². The van der Waals surface area contributed by atoms with Crippen molar-refractivity contribution in [1.29, 1.82) is 0 Å². The third-order valence-corrected chi connectivity index (χ3v) is 6.65. The first-order chi connectivity index (χ1) is 15.8. The van der Waals surface area contributed by atoms with Gasteiger partial charge in [-0.2, -0.15) is 0 Å². The van der Waals surface area contributed by atoms with Gasteiger partial charge in [0.05, 0.1) is 11.0 Å². The Morgan fingerprint density at radius 2 is 1.82 bits per heavy atom. The number of carbonyl (C=O) groups excluding carboxylic acids is 3. The van der Waals surface area contributed by atoms with E-state index in [-0.39, 0.29) is 11.0 Å². The molecule has 33 heavy (non-hydrogen) atoms. The molecule has 170 valence electrons. The lowest BCUT2D eigenvalue weighted by molar-refractivity contribution is -0.149. The molecule has 1 aromatic heterocycles. The maximum absolute atomic E-state index is 12.9. The first kappa shape index (κ1) is 23.1. The predicted molar refractivity (Wildman–Crippen MR) is 131 cm³/mol. The fourth-order valence-corrected chi connectivity index (χ4v) is 4.85. The van der Waals surface area contributed by atoms with Gasteiger partial charge in [0, 0.05) is 33.7 Å². The van der Waals surface area contributed by atoms with E-state index < -0.39 is 23.7 Å². The monoisotopic (exact) mass is 482 g/mol. The van der Waals surface area contributed by atoms with E-state index in [1.807, 2.05) is 55.5 Å². The molecule has 1 fully saturated rings. The Balaban J connectivity index is 1.70. The van der Waals surface area contributed by atoms with Crippen LogP contribution < -0.4 is 0 Å². The van der Waals surface area contributed by atoms with Crippen LogP contribution in [0.1, 0.15) is 30.7 Å². The van der Waals surface area contributed by atoms with Gasteiger partial charge in [0.25, 0.3) is 11.1 Å². The Labute approximate surface area is 201 Å². The molecule has 0 N–H and O–H groups in total. The minimum absolute atomic E-state index is 0.279. The highest BCUT2D eigenvalue weighted by Gasteiger charge is 2.37. The van der Waals surface area contributed by atoms with Gasteiger partial charge in [-0.15, -0.1) is 0 Å². The summed E-state index contributed by atoms with van der Waals surface area (Å²) in [6, 6.07) is 15.6. The number of fused-ring (bicyclic) bond motifs is 1. The van der Waals surface area contributed by atoms with Crippen molar-refractivity contribution >= 4 is 57.5 Å². The van der Waals surface area contributed by atoms with Crippen molar-refractivity contribution in [3.63, 3.8) is 0 Å². The highest BCUT2D eigenvalue weighted by Crippen LogP contribution is 2.36. The summed E-state index contributed by atoms with van der Waals surface area (Å²) in [4.78, 5) is 38.6. The summed E-state index contributed by atoms with van der Waals surface area (Å²) in [6.07, 6.45) is 1.42. The summed E-state index contributed by atoms with van der Waals surface area (Å²) in [5, 5.41) is 1.17. The standard InChI is InChI=1S/C25H23ClN2O4S/c1-15(2)32-23(29)14-28-24(30)22(33-25(28)31)12-19-16(3)27(21-11-7-5-9-18(19)21)13-17-8-4-6-10-20(17)26/h4-12,15H,13-14H2,1-3H3/b22-12-. The molecule has 6 nitrogen and oxygen atoms in total. The highest BCUT2D eigenvalue weighted by atomic mass is 35.5. The third kappa shape index (κ3) is 4.70. The first-order valence-electron chi connectivity index (χ1n) is 10.5. The minimum atomic E-state index is -0.610. The van der Waals surface area contributed by atoms with E-state index >= 15 is 0 Å². The molecular weight excluding hydrogens is 460 g/mol. The lowest BCUT2D eigenvalue weighted by Gasteiger charge is -2.13. The Morgan fingerprint density at radius 1 is 1.12 bits per heavy atom. The third-order valence-electron chi connectivity index (χ3n) is 5.37. The Kier molecular flexibility index (Phi) is 6.63. The number of halogens is 1. The van der Waals surface area contributed by atoms with Crippen LogP contribution in [0, 0.1) is 6.92 Å². The largest absolute Gasteiger partial charge is 0.462 e. The van der Waals surface area contributed by atoms with Crippen LogP contribution in [0.25, 0.3) is 17.0 Å². The summed E-state index contributed by atoms with van der Waals surface area (Å²) < 4.78 is 7.23. The summed E-state index contributed by atoms with van der Waals surface area (Å²) >= 11 is 7.22. The highest BCUT2D eigenvalue weighted by molar-refractivity contribution is 8.18. The summed E-state index contributed by atoms with van der Waals surface area (Å²) in [6.45, 7) is 5.59. The lowest BCUT2D eigenvalue weighted by Crippen LogP contribution is -2.35. The number of thioether (sulfide) groups is 1. The van der Waals surface area contributed by atoms with E-state index in [1.54, 1.807) is 19.9 Å². The molecule has 1 aliphatic rings. The molecule has 0 unspecified atom stereocenters. The molecule has 0 aliphatic carbocycles. The SMILES string of the molecule is Cc1c(/C=C2\SC(=O)N(CC(=O)OC(C)C)C2=O)c2ccccc2n1Cc1ccccc1Cl. The van der Waals surface area contributed by atoms with Crippen LogP contribution in [0.5, 0.6) is 0 Å². The number of nitrogens with zero attached hydrogens (tertiary/aromatic N) is 2. The number of esters is 1. The van der Waals surface area contributed by atoms with Crippen molar-refractivity contribution in [3.05, 3.63) is 75.3 Å². The smallest absolute Gasteiger partial charge is 0.326 e. The van der Waals surface area contributed by atoms with Crippen LogP contribution >= 0.6 is 23.4 Å². The van der Waals surface area contributed by atoms with Crippen LogP contribution in [0.2, 0.25) is 5.02 Å². The molecule has 2 amide bonds. The van der Waals surface area contributed by atoms with E-state index in [4.69, 9.17) is 16.3 Å². The van der Waals surface area contributed by atoms with E-state index in [1.165, 1.54) is 0 Å². The average Bonchev–Trinajstić information content (AvgIpc) is 3.18. The van der Waals surface area contributed by atoms with Crippen molar-refractivity contribution in [2.75, 3.05) is 6.54 Å². The second-order valence-electron chi connectivity index (χ2n) is 8.00. The van der Waals surface area contributed by atoms with Gasteiger partial charge in [-0.25, -0.2) is 0 Å². The second-order valence-corrected chi connectivity index (χ2v) is 9.40. The topological polar surface area (TPSA) is 68.6 Å². The molecule has 1 aliphatic heterocycles. The zero-order chi connectivity index (χ0) is 23.7. The Hall–Kier alpha value is -3.03. The van der Waals surface area contributed by atoms with Crippen LogP contribution in [0.3, 0.4) is 0 Å². The van der Waals surface area contributed by atoms with E-state index in [0.29, 0.717) is 11.6 Å². The zero-order valence-electron chi connectivity index (χ0n) is 18.5. The molecule has 0 spiro atoms. The number of aromatic nitrogens is 1. The summed E-state index contributed by atoms with van der Waals surface area (Å²) in [5.41, 5.74) is 3.79. The molecule has 3 aromatic rings. The molecule has 0 saturated carbocycles. The predicted octanol–water partition coefficient (Wildman–Crippen LogP) is 5.64. The quantitative estimate of drug-likeness (QED) is 0.336. The van der Waals surface area contributed by atoms with Crippen LogP contribution in [0.15, 0.2) is 53.4 Å². The van der Waals surface area contributed by atoms with Crippen molar-refractivity contribution in [2.45, 2.75) is 33.4 Å². The van der Waals surface area contributed by atoms with Gasteiger partial charge in [-0.1, -0.05) is 48.0 Å². The molecular formula is C25H23ClN2O4S. The second kappa shape index (κ2) is 9.45. The Bertz CT molecular complexity index is 1290. The number of imide groups is 1. The molecule has 2 aromatic carbocycles. The van der Waals surface area contributed by atoms with Crippen LogP contribution in [-0.4, -0.2) is 39.2 Å². The van der Waals surface area contributed by atoms with E-state index in [9.17, 15) is 14.4 Å². The normalized spacial score (nSPS) is 15.3. The van der Waals surface area contributed by atoms with Gasteiger partial charge >= 0.3 is 5.97 Å². The van der Waals surface area contributed by atoms with Gasteiger partial charge in [-0.3, -0.25) is 19.3 Å². The van der Waals surface area contributed by atoms with Gasteiger partial charge < -0.3 is 9.30 Å². The number of amides is 2. The van der Waals surface area contributed by atoms with Crippen molar-refractivity contribution in [3.8, 4) is 0 Å². The van der Waals surface area contributed by atoms with Crippen molar-refractivity contribution < 1.29 is 19.1 Å². The van der Waals surface area contributed by atoms with Gasteiger partial charge in [0.1, 0.15) is 6.54 Å². The molecule has 1 saturated heterocycles. The van der Waals surface area contributed by atoms with E-state index in [0.717, 1.165) is 44.4 Å². The molecule has 0 atom stereocenters. The van der Waals surface area contributed by atoms with Gasteiger partial charge in [0.2, 0.25) is 0 Å². The average molecular weight is 483 g/mol. The zero-order valence-corrected chi connectivity index (χ0v) is 20.1. The van der Waals surface area contributed by atoms with Crippen LogP contribution in [0.4, 0.5) is 4.79 Å².